The van der Waals surface area contributed by atoms with Crippen LogP contribution in [0.25, 0.3) is 0 Å². The topological polar surface area (TPSA) is 31.4 Å². The SMILES string of the molecule is [CH3][Sn]([CH3])([CH3])[c]1cc(OC2COC2)ccn1. The van der Waals surface area contributed by atoms with E-state index in [1.165, 1.54) is 3.71 Å². The summed E-state index contributed by atoms with van der Waals surface area (Å²) in [5.74, 6) is 0.944. The van der Waals surface area contributed by atoms with Crippen molar-refractivity contribution in [3.05, 3.63) is 18.3 Å². The molecule has 1 aromatic rings. The zero-order chi connectivity index (χ0) is 10.9. The molecule has 0 amide bonds. The van der Waals surface area contributed by atoms with Gasteiger partial charge in [0.2, 0.25) is 0 Å². The van der Waals surface area contributed by atoms with Crippen LogP contribution in [-0.4, -0.2) is 42.7 Å². The Morgan fingerprint density at radius 1 is 1.40 bits per heavy atom. The molecular weight excluding hydrogens is 297 g/mol. The number of aromatic nitrogens is 1. The molecule has 1 fully saturated rings. The van der Waals surface area contributed by atoms with E-state index in [1.54, 1.807) is 0 Å². The van der Waals surface area contributed by atoms with Crippen LogP contribution in [0.4, 0.5) is 0 Å². The molecule has 2 rings (SSSR count). The number of pyridine rings is 1. The van der Waals surface area contributed by atoms with Gasteiger partial charge in [-0.3, -0.25) is 0 Å². The van der Waals surface area contributed by atoms with Crippen LogP contribution in [0.1, 0.15) is 0 Å². The predicted molar refractivity (Wildman–Crippen MR) is 62.5 cm³/mol. The van der Waals surface area contributed by atoms with Crippen molar-refractivity contribution in [3.63, 3.8) is 0 Å². The molecular formula is C11H17NO2Sn. The average molecular weight is 314 g/mol. The van der Waals surface area contributed by atoms with Crippen molar-refractivity contribution in [2.75, 3.05) is 13.2 Å². The Morgan fingerprint density at radius 3 is 2.67 bits per heavy atom. The molecule has 1 aliphatic heterocycles. The van der Waals surface area contributed by atoms with Crippen molar-refractivity contribution >= 4 is 22.1 Å². The fourth-order valence-corrected chi connectivity index (χ4v) is 4.33. The van der Waals surface area contributed by atoms with E-state index in [9.17, 15) is 0 Å². The Balaban J connectivity index is 2.11. The molecule has 1 saturated heterocycles. The van der Waals surface area contributed by atoms with E-state index in [0.717, 1.165) is 19.0 Å². The molecule has 82 valence electrons. The molecule has 0 N–H and O–H groups in total. The Morgan fingerprint density at radius 2 is 2.13 bits per heavy atom. The average Bonchev–Trinajstić information content (AvgIpc) is 2.11. The fraction of sp³-hybridized carbons (Fsp3) is 0.545. The van der Waals surface area contributed by atoms with E-state index < -0.39 is 18.4 Å². The summed E-state index contributed by atoms with van der Waals surface area (Å²) in [7, 11) is 0. The van der Waals surface area contributed by atoms with Gasteiger partial charge in [0.05, 0.1) is 0 Å². The third kappa shape index (κ3) is 2.84. The van der Waals surface area contributed by atoms with Crippen molar-refractivity contribution < 1.29 is 9.47 Å². The Kier molecular flexibility index (Phi) is 3.21. The Labute approximate surface area is 94.7 Å². The van der Waals surface area contributed by atoms with Crippen LogP contribution < -0.4 is 8.45 Å². The first-order valence-electron chi connectivity index (χ1n) is 5.26. The van der Waals surface area contributed by atoms with E-state index in [0.29, 0.717) is 0 Å². The van der Waals surface area contributed by atoms with Gasteiger partial charge in [-0.25, -0.2) is 0 Å². The van der Waals surface area contributed by atoms with Crippen molar-refractivity contribution in [2.24, 2.45) is 0 Å². The maximum absolute atomic E-state index is 5.75. The van der Waals surface area contributed by atoms with E-state index in [2.05, 4.69) is 25.9 Å². The van der Waals surface area contributed by atoms with Crippen LogP contribution in [-0.2, 0) is 4.74 Å². The van der Waals surface area contributed by atoms with Crippen LogP contribution in [0, 0.1) is 0 Å². The molecule has 4 heteroatoms. The first-order chi connectivity index (χ1) is 7.05. The summed E-state index contributed by atoms with van der Waals surface area (Å²) < 4.78 is 12.1. The second-order valence-corrected chi connectivity index (χ2v) is 19.2. The van der Waals surface area contributed by atoms with Gasteiger partial charge in [0, 0.05) is 0 Å². The summed E-state index contributed by atoms with van der Waals surface area (Å²) in [6, 6.07) is 4.04. The van der Waals surface area contributed by atoms with Crippen molar-refractivity contribution in [2.45, 2.75) is 20.9 Å². The van der Waals surface area contributed by atoms with E-state index in [4.69, 9.17) is 9.47 Å². The van der Waals surface area contributed by atoms with Gasteiger partial charge < -0.3 is 0 Å². The third-order valence-corrected chi connectivity index (χ3v) is 7.58. The zero-order valence-electron chi connectivity index (χ0n) is 9.49. The standard InChI is InChI=1S/C8H8NO2.3CH3.Sn/c1-3-9-4-2-7(1)11-8-5-10-6-8;;;;/h1-3,8H,5-6H2;3*1H3;. The van der Waals surface area contributed by atoms with Crippen LogP contribution in [0.5, 0.6) is 5.75 Å². The molecule has 3 nitrogen and oxygen atoms in total. The molecule has 0 spiro atoms. The van der Waals surface area contributed by atoms with Gasteiger partial charge in [-0.05, 0) is 0 Å². The summed E-state index contributed by atoms with van der Waals surface area (Å²) in [4.78, 5) is 11.5. The first-order valence-corrected chi connectivity index (χ1v) is 15.3. The minimum absolute atomic E-state index is 0.246. The number of ether oxygens (including phenoxy) is 2. The summed E-state index contributed by atoms with van der Waals surface area (Å²) in [5.41, 5.74) is 0. The van der Waals surface area contributed by atoms with Crippen molar-refractivity contribution in [1.82, 2.24) is 4.98 Å². The second-order valence-electron chi connectivity index (χ2n) is 4.90. The summed E-state index contributed by atoms with van der Waals surface area (Å²) in [5, 5.41) is 0. The number of hydrogen-bond acceptors (Lipinski definition) is 3. The fourth-order valence-electron chi connectivity index (χ4n) is 1.37. The molecule has 0 radical (unpaired) electrons. The number of rotatable bonds is 3. The van der Waals surface area contributed by atoms with Crippen molar-refractivity contribution in [1.29, 1.82) is 0 Å². The molecule has 0 aliphatic carbocycles. The van der Waals surface area contributed by atoms with Crippen LogP contribution >= 0.6 is 0 Å². The summed E-state index contributed by atoms with van der Waals surface area (Å²) in [6.45, 7) is 1.44. The van der Waals surface area contributed by atoms with Gasteiger partial charge in [-0.2, -0.15) is 0 Å². The Bertz CT molecular complexity index is 345. The molecule has 1 aromatic heterocycles. The molecule has 0 bridgehead atoms. The van der Waals surface area contributed by atoms with Gasteiger partial charge in [-0.1, -0.05) is 0 Å². The molecule has 0 atom stereocenters. The Hall–Kier alpha value is -0.291. The van der Waals surface area contributed by atoms with Crippen LogP contribution in [0.3, 0.4) is 0 Å². The summed E-state index contributed by atoms with van der Waals surface area (Å²) >= 11 is -2.04. The number of nitrogens with zero attached hydrogens (tertiary/aromatic N) is 1. The number of hydrogen-bond donors (Lipinski definition) is 0. The molecule has 0 unspecified atom stereocenters. The minimum atomic E-state index is -2.04. The van der Waals surface area contributed by atoms with E-state index in [-0.39, 0.29) is 6.10 Å². The van der Waals surface area contributed by atoms with Gasteiger partial charge in [-0.15, -0.1) is 0 Å². The summed E-state index contributed by atoms with van der Waals surface area (Å²) in [6.07, 6.45) is 2.10. The maximum atomic E-state index is 5.75. The molecule has 15 heavy (non-hydrogen) atoms. The second kappa shape index (κ2) is 4.29. The quantitative estimate of drug-likeness (QED) is 0.791. The predicted octanol–water partition coefficient (Wildman–Crippen LogP) is 1.40. The van der Waals surface area contributed by atoms with Gasteiger partial charge in [0.25, 0.3) is 0 Å². The first kappa shape index (κ1) is 11.2. The molecule has 0 saturated carbocycles. The van der Waals surface area contributed by atoms with Gasteiger partial charge >= 0.3 is 94.8 Å². The monoisotopic (exact) mass is 315 g/mol. The third-order valence-electron chi connectivity index (χ3n) is 2.41. The zero-order valence-corrected chi connectivity index (χ0v) is 12.3. The molecule has 0 aromatic carbocycles. The molecule has 1 aliphatic rings. The molecule has 2 heterocycles. The van der Waals surface area contributed by atoms with E-state index >= 15 is 0 Å². The van der Waals surface area contributed by atoms with Crippen LogP contribution in [0.2, 0.25) is 14.8 Å². The van der Waals surface area contributed by atoms with E-state index in [1.807, 2.05) is 12.3 Å². The van der Waals surface area contributed by atoms with Crippen LogP contribution in [0.15, 0.2) is 18.3 Å². The van der Waals surface area contributed by atoms with Gasteiger partial charge in [0.15, 0.2) is 0 Å². The van der Waals surface area contributed by atoms with Crippen molar-refractivity contribution in [3.8, 4) is 5.75 Å². The normalized spacial score (nSPS) is 17.3. The van der Waals surface area contributed by atoms with Gasteiger partial charge in [0.1, 0.15) is 0 Å².